The number of carbonyl (C=O) groups excluding carboxylic acids is 3. The highest BCUT2D eigenvalue weighted by Gasteiger charge is 2.13. The quantitative estimate of drug-likeness (QED) is 0.629. The van der Waals surface area contributed by atoms with E-state index in [0.717, 1.165) is 5.56 Å². The largest absolute Gasteiger partial charge is 0.352 e. The molecule has 27 heavy (non-hydrogen) atoms. The third-order valence-corrected chi connectivity index (χ3v) is 3.88. The van der Waals surface area contributed by atoms with Gasteiger partial charge in [-0.25, -0.2) is 0 Å². The maximum absolute atomic E-state index is 12.2. The summed E-state index contributed by atoms with van der Waals surface area (Å²) < 4.78 is 0. The van der Waals surface area contributed by atoms with Crippen molar-refractivity contribution in [2.24, 2.45) is 0 Å². The summed E-state index contributed by atoms with van der Waals surface area (Å²) in [5.41, 5.74) is 2.26. The van der Waals surface area contributed by atoms with E-state index in [0.29, 0.717) is 23.4 Å². The van der Waals surface area contributed by atoms with Crippen LogP contribution in [0.15, 0.2) is 61.2 Å². The van der Waals surface area contributed by atoms with Gasteiger partial charge in [0.2, 0.25) is 5.91 Å². The van der Waals surface area contributed by atoms with E-state index in [2.05, 4.69) is 22.5 Å². The van der Waals surface area contributed by atoms with Crippen LogP contribution in [0.2, 0.25) is 0 Å². The lowest BCUT2D eigenvalue weighted by atomic mass is 10.1. The molecule has 0 aliphatic carbocycles. The number of rotatable bonds is 8. The molecule has 0 aliphatic heterocycles. The molecular formula is C21H23N3O3. The summed E-state index contributed by atoms with van der Waals surface area (Å²) in [6.07, 6.45) is 1.68. The van der Waals surface area contributed by atoms with Crippen molar-refractivity contribution in [2.45, 2.75) is 13.3 Å². The summed E-state index contributed by atoms with van der Waals surface area (Å²) in [7, 11) is 0. The SMILES string of the molecule is C=CCNC(=O)c1ccccc1NC(=O)CCNC(=O)c1ccccc1C. The van der Waals surface area contributed by atoms with Crippen molar-refractivity contribution in [2.75, 3.05) is 18.4 Å². The van der Waals surface area contributed by atoms with Gasteiger partial charge in [0.15, 0.2) is 0 Å². The molecule has 0 radical (unpaired) electrons. The first-order valence-corrected chi connectivity index (χ1v) is 8.64. The molecule has 0 aliphatic rings. The molecule has 0 heterocycles. The lowest BCUT2D eigenvalue weighted by Crippen LogP contribution is -2.29. The number of para-hydroxylation sites is 1. The predicted octanol–water partition coefficient (Wildman–Crippen LogP) is 2.67. The van der Waals surface area contributed by atoms with E-state index in [1.165, 1.54) is 0 Å². The molecule has 3 amide bonds. The first kappa shape index (κ1) is 19.9. The Morgan fingerprint density at radius 3 is 2.26 bits per heavy atom. The molecule has 3 N–H and O–H groups in total. The fourth-order valence-electron chi connectivity index (χ4n) is 2.48. The fraction of sp³-hybridized carbons (Fsp3) is 0.190. The van der Waals surface area contributed by atoms with Gasteiger partial charge in [0.1, 0.15) is 0 Å². The lowest BCUT2D eigenvalue weighted by molar-refractivity contribution is -0.116. The van der Waals surface area contributed by atoms with Gasteiger partial charge in [-0.3, -0.25) is 14.4 Å². The van der Waals surface area contributed by atoms with E-state index in [1.807, 2.05) is 19.1 Å². The van der Waals surface area contributed by atoms with Gasteiger partial charge >= 0.3 is 0 Å². The molecule has 0 unspecified atom stereocenters. The highest BCUT2D eigenvalue weighted by Crippen LogP contribution is 2.15. The number of anilines is 1. The van der Waals surface area contributed by atoms with Gasteiger partial charge in [0, 0.05) is 25.1 Å². The van der Waals surface area contributed by atoms with Gasteiger partial charge < -0.3 is 16.0 Å². The summed E-state index contributed by atoms with van der Waals surface area (Å²) in [5, 5.41) is 8.13. The average Bonchev–Trinajstić information content (AvgIpc) is 2.66. The van der Waals surface area contributed by atoms with Crippen molar-refractivity contribution in [3.8, 4) is 0 Å². The maximum Gasteiger partial charge on any atom is 0.253 e. The summed E-state index contributed by atoms with van der Waals surface area (Å²) >= 11 is 0. The number of benzene rings is 2. The summed E-state index contributed by atoms with van der Waals surface area (Å²) in [5.74, 6) is -0.798. The standard InChI is InChI=1S/C21H23N3O3/c1-3-13-22-21(27)17-10-6-7-11-18(17)24-19(25)12-14-23-20(26)16-9-5-4-8-15(16)2/h3-11H,1,12-14H2,2H3,(H,22,27)(H,23,26)(H,24,25). The topological polar surface area (TPSA) is 87.3 Å². The molecule has 0 spiro atoms. The van der Waals surface area contributed by atoms with Gasteiger partial charge in [-0.05, 0) is 30.7 Å². The van der Waals surface area contributed by atoms with Crippen LogP contribution in [0.25, 0.3) is 0 Å². The zero-order valence-electron chi connectivity index (χ0n) is 15.2. The number of carbonyl (C=O) groups is 3. The van der Waals surface area contributed by atoms with Crippen molar-refractivity contribution in [3.05, 3.63) is 77.9 Å². The minimum absolute atomic E-state index is 0.0975. The van der Waals surface area contributed by atoms with Crippen LogP contribution < -0.4 is 16.0 Å². The van der Waals surface area contributed by atoms with E-state index in [4.69, 9.17) is 0 Å². The second kappa shape index (κ2) is 9.91. The number of nitrogens with one attached hydrogen (secondary N) is 3. The Morgan fingerprint density at radius 2 is 1.56 bits per heavy atom. The zero-order valence-corrected chi connectivity index (χ0v) is 15.2. The minimum Gasteiger partial charge on any atom is -0.352 e. The second-order valence-corrected chi connectivity index (χ2v) is 5.91. The summed E-state index contributed by atoms with van der Waals surface area (Å²) in [4.78, 5) is 36.5. The smallest absolute Gasteiger partial charge is 0.253 e. The molecule has 6 heteroatoms. The van der Waals surface area contributed by atoms with Crippen LogP contribution in [0, 0.1) is 6.92 Å². The highest BCUT2D eigenvalue weighted by atomic mass is 16.2. The maximum atomic E-state index is 12.2. The molecule has 140 valence electrons. The molecule has 0 saturated carbocycles. The third-order valence-electron chi connectivity index (χ3n) is 3.88. The average molecular weight is 365 g/mol. The molecule has 2 aromatic rings. The van der Waals surface area contributed by atoms with Crippen LogP contribution in [-0.4, -0.2) is 30.8 Å². The van der Waals surface area contributed by atoms with Crippen molar-refractivity contribution in [1.82, 2.24) is 10.6 Å². The van der Waals surface area contributed by atoms with Gasteiger partial charge in [0.25, 0.3) is 11.8 Å². The van der Waals surface area contributed by atoms with E-state index in [9.17, 15) is 14.4 Å². The molecule has 0 bridgehead atoms. The summed E-state index contributed by atoms with van der Waals surface area (Å²) in [6, 6.07) is 14.0. The van der Waals surface area contributed by atoms with E-state index in [-0.39, 0.29) is 30.7 Å². The zero-order chi connectivity index (χ0) is 19.6. The van der Waals surface area contributed by atoms with Crippen LogP contribution in [-0.2, 0) is 4.79 Å². The second-order valence-electron chi connectivity index (χ2n) is 5.91. The van der Waals surface area contributed by atoms with Gasteiger partial charge in [0.05, 0.1) is 11.3 Å². The Hall–Kier alpha value is -3.41. The highest BCUT2D eigenvalue weighted by molar-refractivity contribution is 6.04. The Morgan fingerprint density at radius 1 is 0.926 bits per heavy atom. The van der Waals surface area contributed by atoms with Crippen LogP contribution in [0.5, 0.6) is 0 Å². The van der Waals surface area contributed by atoms with Gasteiger partial charge in [-0.15, -0.1) is 6.58 Å². The molecule has 6 nitrogen and oxygen atoms in total. The van der Waals surface area contributed by atoms with Crippen LogP contribution in [0.4, 0.5) is 5.69 Å². The predicted molar refractivity (Wildman–Crippen MR) is 106 cm³/mol. The Bertz CT molecular complexity index is 846. The molecule has 0 fully saturated rings. The normalized spacial score (nSPS) is 9.96. The van der Waals surface area contributed by atoms with E-state index in [1.54, 1.807) is 42.5 Å². The molecule has 0 aromatic heterocycles. The monoisotopic (exact) mass is 365 g/mol. The Labute approximate surface area is 158 Å². The van der Waals surface area contributed by atoms with Crippen molar-refractivity contribution < 1.29 is 14.4 Å². The first-order chi connectivity index (χ1) is 13.0. The minimum atomic E-state index is -0.293. The van der Waals surface area contributed by atoms with Gasteiger partial charge in [-0.2, -0.15) is 0 Å². The number of amides is 3. The molecule has 0 atom stereocenters. The Kier molecular flexibility index (Phi) is 7.31. The van der Waals surface area contributed by atoms with Crippen molar-refractivity contribution in [1.29, 1.82) is 0 Å². The third kappa shape index (κ3) is 5.81. The van der Waals surface area contributed by atoms with Gasteiger partial charge in [-0.1, -0.05) is 36.4 Å². The van der Waals surface area contributed by atoms with E-state index < -0.39 is 0 Å². The first-order valence-electron chi connectivity index (χ1n) is 8.64. The molecule has 2 rings (SSSR count). The molecular weight excluding hydrogens is 342 g/mol. The van der Waals surface area contributed by atoms with E-state index >= 15 is 0 Å². The van der Waals surface area contributed by atoms with Crippen molar-refractivity contribution in [3.63, 3.8) is 0 Å². The lowest BCUT2D eigenvalue weighted by Gasteiger charge is -2.11. The number of hydrogen-bond acceptors (Lipinski definition) is 3. The number of aryl methyl sites for hydroxylation is 1. The van der Waals surface area contributed by atoms with Crippen LogP contribution >= 0.6 is 0 Å². The number of hydrogen-bond donors (Lipinski definition) is 3. The van der Waals surface area contributed by atoms with Crippen molar-refractivity contribution >= 4 is 23.4 Å². The molecule has 0 saturated heterocycles. The summed E-state index contributed by atoms with van der Waals surface area (Å²) in [6.45, 7) is 5.95. The Balaban J connectivity index is 1.89. The molecule has 2 aromatic carbocycles. The fourth-order valence-corrected chi connectivity index (χ4v) is 2.48. The van der Waals surface area contributed by atoms with Crippen LogP contribution in [0.3, 0.4) is 0 Å². The van der Waals surface area contributed by atoms with Crippen LogP contribution in [0.1, 0.15) is 32.7 Å².